The molecule has 0 spiro atoms. The van der Waals surface area contributed by atoms with E-state index >= 15 is 0 Å². The summed E-state index contributed by atoms with van der Waals surface area (Å²) in [4.78, 5) is 0. The van der Waals surface area contributed by atoms with Gasteiger partial charge in [0, 0.05) is 5.69 Å². The average molecular weight is 281 g/mol. The van der Waals surface area contributed by atoms with Gasteiger partial charge in [0.1, 0.15) is 11.9 Å². The molecule has 2 aromatic carbocycles. The maximum atomic E-state index is 12.9. The lowest BCUT2D eigenvalue weighted by Gasteiger charge is -2.19. The van der Waals surface area contributed by atoms with Gasteiger partial charge in [-0.3, -0.25) is 0 Å². The van der Waals surface area contributed by atoms with Crippen LogP contribution in [0.1, 0.15) is 24.2 Å². The van der Waals surface area contributed by atoms with E-state index in [0.29, 0.717) is 5.69 Å². The van der Waals surface area contributed by atoms with E-state index in [2.05, 4.69) is 0 Å². The maximum absolute atomic E-state index is 12.9. The molecule has 1 atom stereocenters. The van der Waals surface area contributed by atoms with Gasteiger partial charge in [-0.25, -0.2) is 0 Å². The predicted molar refractivity (Wildman–Crippen MR) is 71.3 cm³/mol. The molecule has 2 rings (SSSR count). The molecule has 0 aliphatic heterocycles. The zero-order valence-electron chi connectivity index (χ0n) is 10.8. The Labute approximate surface area is 115 Å². The number of benzene rings is 2. The van der Waals surface area contributed by atoms with E-state index in [9.17, 15) is 13.2 Å². The summed E-state index contributed by atoms with van der Waals surface area (Å²) in [5.41, 5.74) is 6.15. The fraction of sp³-hybridized carbons (Fsp3) is 0.200. The Kier molecular flexibility index (Phi) is 3.88. The van der Waals surface area contributed by atoms with Crippen LogP contribution in [0.25, 0.3) is 0 Å². The molecule has 106 valence electrons. The molecule has 0 heterocycles. The minimum absolute atomic E-state index is 0.177. The molecule has 0 amide bonds. The van der Waals surface area contributed by atoms with E-state index in [4.69, 9.17) is 10.5 Å². The Morgan fingerprint density at radius 1 is 1.00 bits per heavy atom. The van der Waals surface area contributed by atoms with Crippen molar-refractivity contribution >= 4 is 5.69 Å². The van der Waals surface area contributed by atoms with Gasteiger partial charge in [-0.15, -0.1) is 0 Å². The summed E-state index contributed by atoms with van der Waals surface area (Å²) in [6.07, 6.45) is -4.93. The van der Waals surface area contributed by atoms with Crippen LogP contribution >= 0.6 is 0 Å². The fourth-order valence-corrected chi connectivity index (χ4v) is 1.83. The molecule has 2 aromatic rings. The smallest absolute Gasteiger partial charge is 0.419 e. The molecule has 0 saturated heterocycles. The van der Waals surface area contributed by atoms with Gasteiger partial charge >= 0.3 is 6.18 Å². The highest BCUT2D eigenvalue weighted by Crippen LogP contribution is 2.37. The van der Waals surface area contributed by atoms with Crippen LogP contribution in [0.4, 0.5) is 18.9 Å². The lowest BCUT2D eigenvalue weighted by molar-refractivity contribution is -0.139. The van der Waals surface area contributed by atoms with E-state index < -0.39 is 17.8 Å². The third-order valence-corrected chi connectivity index (χ3v) is 2.90. The van der Waals surface area contributed by atoms with Gasteiger partial charge in [-0.2, -0.15) is 13.2 Å². The van der Waals surface area contributed by atoms with Crippen LogP contribution in [0.5, 0.6) is 5.75 Å². The summed E-state index contributed by atoms with van der Waals surface area (Å²) in [5.74, 6) is -0.177. The third kappa shape index (κ3) is 3.23. The molecule has 20 heavy (non-hydrogen) atoms. The summed E-state index contributed by atoms with van der Waals surface area (Å²) in [6.45, 7) is 1.69. The number of hydrogen-bond acceptors (Lipinski definition) is 2. The Balaban J connectivity index is 2.24. The normalized spacial score (nSPS) is 13.0. The average Bonchev–Trinajstić information content (AvgIpc) is 2.38. The van der Waals surface area contributed by atoms with Gasteiger partial charge in [-0.1, -0.05) is 24.3 Å². The van der Waals surface area contributed by atoms with Crippen LogP contribution in [0.2, 0.25) is 0 Å². The van der Waals surface area contributed by atoms with Crippen molar-refractivity contribution in [2.45, 2.75) is 19.2 Å². The number of halogens is 3. The molecule has 1 unspecified atom stereocenters. The second-order valence-electron chi connectivity index (χ2n) is 4.42. The number of nitrogens with two attached hydrogens (primary N) is 1. The van der Waals surface area contributed by atoms with Crippen LogP contribution in [0.15, 0.2) is 48.5 Å². The van der Waals surface area contributed by atoms with Crippen LogP contribution in [-0.2, 0) is 6.18 Å². The third-order valence-electron chi connectivity index (χ3n) is 2.90. The predicted octanol–water partition coefficient (Wildman–Crippen LogP) is 4.43. The van der Waals surface area contributed by atoms with Gasteiger partial charge < -0.3 is 10.5 Å². The minimum atomic E-state index is -4.43. The summed E-state index contributed by atoms with van der Waals surface area (Å²) < 4.78 is 44.0. The largest absolute Gasteiger partial charge is 0.485 e. The van der Waals surface area contributed by atoms with Gasteiger partial charge in [0.25, 0.3) is 0 Å². The number of hydrogen-bond donors (Lipinski definition) is 1. The highest BCUT2D eigenvalue weighted by atomic mass is 19.4. The van der Waals surface area contributed by atoms with Crippen LogP contribution < -0.4 is 10.5 Å². The Hall–Kier alpha value is -2.17. The molecular formula is C15H14F3NO. The van der Waals surface area contributed by atoms with Crippen molar-refractivity contribution in [3.63, 3.8) is 0 Å². The van der Waals surface area contributed by atoms with Crippen molar-refractivity contribution in [1.29, 1.82) is 0 Å². The molecule has 0 aliphatic carbocycles. The molecule has 0 aliphatic rings. The Bertz CT molecular complexity index is 578. The molecule has 0 bridgehead atoms. The molecule has 2 N–H and O–H groups in total. The number of alkyl halides is 3. The second-order valence-corrected chi connectivity index (χ2v) is 4.42. The summed E-state index contributed by atoms with van der Waals surface area (Å²) in [5, 5.41) is 0. The summed E-state index contributed by atoms with van der Waals surface area (Å²) in [7, 11) is 0. The van der Waals surface area contributed by atoms with E-state index in [1.54, 1.807) is 31.2 Å². The first kappa shape index (κ1) is 14.2. The Morgan fingerprint density at radius 2 is 1.60 bits per heavy atom. The van der Waals surface area contributed by atoms with Crippen LogP contribution in [0, 0.1) is 0 Å². The van der Waals surface area contributed by atoms with Crippen molar-refractivity contribution in [3.8, 4) is 5.75 Å². The van der Waals surface area contributed by atoms with Gasteiger partial charge in [0.15, 0.2) is 0 Å². The number of nitrogen functional groups attached to an aromatic ring is 1. The van der Waals surface area contributed by atoms with Gasteiger partial charge in [0.05, 0.1) is 5.56 Å². The number of ether oxygens (including phenoxy) is 1. The van der Waals surface area contributed by atoms with E-state index in [1.807, 2.05) is 0 Å². The molecule has 0 saturated carbocycles. The zero-order valence-corrected chi connectivity index (χ0v) is 10.8. The lowest BCUT2D eigenvalue weighted by atomic mass is 10.1. The fourth-order valence-electron chi connectivity index (χ4n) is 1.83. The molecule has 5 heteroatoms. The van der Waals surface area contributed by atoms with Crippen molar-refractivity contribution < 1.29 is 17.9 Å². The summed E-state index contributed by atoms with van der Waals surface area (Å²) in [6, 6.07) is 12.0. The van der Waals surface area contributed by atoms with E-state index in [-0.39, 0.29) is 5.75 Å². The van der Waals surface area contributed by atoms with Crippen molar-refractivity contribution in [3.05, 3.63) is 59.7 Å². The number of para-hydroxylation sites is 1. The van der Waals surface area contributed by atoms with Crippen molar-refractivity contribution in [1.82, 2.24) is 0 Å². The van der Waals surface area contributed by atoms with Crippen molar-refractivity contribution in [2.75, 3.05) is 5.73 Å². The molecule has 0 fully saturated rings. The Morgan fingerprint density at radius 3 is 2.20 bits per heavy atom. The molecule has 0 aromatic heterocycles. The minimum Gasteiger partial charge on any atom is -0.485 e. The molecular weight excluding hydrogens is 267 g/mol. The number of rotatable bonds is 3. The first-order chi connectivity index (χ1) is 9.38. The number of anilines is 1. The van der Waals surface area contributed by atoms with Crippen LogP contribution in [-0.4, -0.2) is 0 Å². The first-order valence-electron chi connectivity index (χ1n) is 6.06. The monoisotopic (exact) mass is 281 g/mol. The first-order valence-corrected chi connectivity index (χ1v) is 6.06. The lowest BCUT2D eigenvalue weighted by Crippen LogP contribution is -2.10. The SMILES string of the molecule is CC(Oc1ccccc1C(F)(F)F)c1ccc(N)cc1. The van der Waals surface area contributed by atoms with Crippen LogP contribution in [0.3, 0.4) is 0 Å². The second kappa shape index (κ2) is 5.45. The zero-order chi connectivity index (χ0) is 14.8. The van der Waals surface area contributed by atoms with E-state index in [0.717, 1.165) is 11.6 Å². The topological polar surface area (TPSA) is 35.2 Å². The highest BCUT2D eigenvalue weighted by molar-refractivity contribution is 5.41. The maximum Gasteiger partial charge on any atom is 0.419 e. The van der Waals surface area contributed by atoms with Crippen molar-refractivity contribution in [2.24, 2.45) is 0 Å². The quantitative estimate of drug-likeness (QED) is 0.845. The molecule has 0 radical (unpaired) electrons. The van der Waals surface area contributed by atoms with E-state index in [1.165, 1.54) is 18.2 Å². The summed E-state index contributed by atoms with van der Waals surface area (Å²) >= 11 is 0. The molecule has 2 nitrogen and oxygen atoms in total. The van der Waals surface area contributed by atoms with Gasteiger partial charge in [-0.05, 0) is 36.8 Å². The van der Waals surface area contributed by atoms with Gasteiger partial charge in [0.2, 0.25) is 0 Å². The standard InChI is InChI=1S/C15H14F3NO/c1-10(11-6-8-12(19)9-7-11)20-14-5-3-2-4-13(14)15(16,17)18/h2-10H,19H2,1H3. The highest BCUT2D eigenvalue weighted by Gasteiger charge is 2.34.